The van der Waals surface area contributed by atoms with Gasteiger partial charge in [0.05, 0.1) is 12.5 Å². The van der Waals surface area contributed by atoms with Gasteiger partial charge in [0.25, 0.3) is 0 Å². The number of likely N-dealkylation sites (tertiary alicyclic amines) is 1. The van der Waals surface area contributed by atoms with Gasteiger partial charge < -0.3 is 4.90 Å². The molecule has 3 nitrogen and oxygen atoms in total. The molecule has 1 aliphatic carbocycles. The van der Waals surface area contributed by atoms with Crippen LogP contribution in [-0.2, 0) is 9.59 Å². The fourth-order valence-electron chi connectivity index (χ4n) is 2.95. The molecular formula is C13H18F3NO2. The molecule has 19 heavy (non-hydrogen) atoms. The highest BCUT2D eigenvalue weighted by atomic mass is 19.4. The molecule has 0 aromatic rings. The van der Waals surface area contributed by atoms with Crippen LogP contribution in [-0.4, -0.2) is 35.9 Å². The minimum Gasteiger partial charge on any atom is -0.335 e. The van der Waals surface area contributed by atoms with Crippen molar-refractivity contribution in [3.63, 3.8) is 0 Å². The topological polar surface area (TPSA) is 37.4 Å². The van der Waals surface area contributed by atoms with Crippen LogP contribution in [0.2, 0.25) is 0 Å². The Morgan fingerprint density at radius 1 is 1.16 bits per heavy atom. The van der Waals surface area contributed by atoms with Crippen molar-refractivity contribution < 1.29 is 22.8 Å². The Balaban J connectivity index is 1.87. The largest absolute Gasteiger partial charge is 0.391 e. The predicted octanol–water partition coefficient (Wildman–Crippen LogP) is 2.55. The number of amides is 1. The van der Waals surface area contributed by atoms with Crippen LogP contribution in [0.4, 0.5) is 13.2 Å². The summed E-state index contributed by atoms with van der Waals surface area (Å²) in [5, 5.41) is 0. The second-order valence-electron chi connectivity index (χ2n) is 5.49. The van der Waals surface area contributed by atoms with Crippen molar-refractivity contribution in [2.45, 2.75) is 44.7 Å². The van der Waals surface area contributed by atoms with E-state index in [0.717, 1.165) is 0 Å². The summed E-state index contributed by atoms with van der Waals surface area (Å²) >= 11 is 0. The summed E-state index contributed by atoms with van der Waals surface area (Å²) in [6, 6.07) is 0. The maximum Gasteiger partial charge on any atom is 0.391 e. The fraction of sp³-hybridized carbons (Fsp3) is 0.846. The SMILES string of the molecule is O=C1CCCN(C(=O)C2CCC(C(F)(F)F)CC2)C1. The van der Waals surface area contributed by atoms with Gasteiger partial charge in [-0.25, -0.2) is 0 Å². The molecule has 0 atom stereocenters. The number of ketones is 1. The van der Waals surface area contributed by atoms with E-state index in [1.165, 1.54) is 4.90 Å². The molecule has 2 rings (SSSR count). The zero-order chi connectivity index (χ0) is 14.0. The van der Waals surface area contributed by atoms with Crippen molar-refractivity contribution in [2.75, 3.05) is 13.1 Å². The van der Waals surface area contributed by atoms with E-state index in [9.17, 15) is 22.8 Å². The molecule has 6 heteroatoms. The lowest BCUT2D eigenvalue weighted by Gasteiger charge is -2.34. The van der Waals surface area contributed by atoms with Gasteiger partial charge in [0.1, 0.15) is 0 Å². The van der Waals surface area contributed by atoms with Gasteiger partial charge in [-0.05, 0) is 32.1 Å². The summed E-state index contributed by atoms with van der Waals surface area (Å²) in [6.45, 7) is 0.696. The molecule has 1 saturated heterocycles. The number of carbonyl (C=O) groups excluding carboxylic acids is 2. The second-order valence-corrected chi connectivity index (χ2v) is 5.49. The monoisotopic (exact) mass is 277 g/mol. The Labute approximate surface area is 110 Å². The van der Waals surface area contributed by atoms with Crippen LogP contribution in [0.25, 0.3) is 0 Å². The Morgan fingerprint density at radius 2 is 1.79 bits per heavy atom. The van der Waals surface area contributed by atoms with E-state index in [0.29, 0.717) is 19.4 Å². The molecule has 2 fully saturated rings. The zero-order valence-electron chi connectivity index (χ0n) is 10.7. The van der Waals surface area contributed by atoms with Gasteiger partial charge in [-0.2, -0.15) is 13.2 Å². The number of hydrogen-bond acceptors (Lipinski definition) is 2. The van der Waals surface area contributed by atoms with Crippen LogP contribution in [0.15, 0.2) is 0 Å². The molecule has 1 aliphatic heterocycles. The average molecular weight is 277 g/mol. The van der Waals surface area contributed by atoms with Crippen molar-refractivity contribution in [1.29, 1.82) is 0 Å². The lowest BCUT2D eigenvalue weighted by molar-refractivity contribution is -0.185. The van der Waals surface area contributed by atoms with Crippen LogP contribution in [0, 0.1) is 11.8 Å². The maximum absolute atomic E-state index is 12.5. The van der Waals surface area contributed by atoms with Crippen LogP contribution in [0.5, 0.6) is 0 Å². The van der Waals surface area contributed by atoms with E-state index in [4.69, 9.17) is 0 Å². The molecule has 1 saturated carbocycles. The standard InChI is InChI=1S/C13H18F3NO2/c14-13(15,16)10-5-3-9(4-6-10)12(19)17-7-1-2-11(18)8-17/h9-10H,1-8H2. The minimum atomic E-state index is -4.14. The molecule has 0 unspecified atom stereocenters. The van der Waals surface area contributed by atoms with E-state index in [1.54, 1.807) is 0 Å². The van der Waals surface area contributed by atoms with Gasteiger partial charge in [-0.3, -0.25) is 9.59 Å². The van der Waals surface area contributed by atoms with Gasteiger partial charge in [0.15, 0.2) is 5.78 Å². The highest BCUT2D eigenvalue weighted by Gasteiger charge is 2.43. The number of piperidine rings is 1. The number of halogens is 3. The first-order chi connectivity index (χ1) is 8.88. The number of carbonyl (C=O) groups is 2. The molecule has 1 amide bonds. The zero-order valence-corrected chi connectivity index (χ0v) is 10.7. The Morgan fingerprint density at radius 3 is 2.32 bits per heavy atom. The molecule has 0 radical (unpaired) electrons. The number of alkyl halides is 3. The van der Waals surface area contributed by atoms with E-state index < -0.39 is 12.1 Å². The quantitative estimate of drug-likeness (QED) is 0.738. The number of hydrogen-bond donors (Lipinski definition) is 0. The summed E-state index contributed by atoms with van der Waals surface area (Å²) in [7, 11) is 0. The third-order valence-electron chi connectivity index (χ3n) is 4.10. The molecule has 108 valence electrons. The summed E-state index contributed by atoms with van der Waals surface area (Å²) in [4.78, 5) is 25.0. The van der Waals surface area contributed by atoms with Crippen molar-refractivity contribution in [3.8, 4) is 0 Å². The van der Waals surface area contributed by atoms with Gasteiger partial charge in [0, 0.05) is 18.9 Å². The van der Waals surface area contributed by atoms with Gasteiger partial charge in [-0.15, -0.1) is 0 Å². The number of Topliss-reactive ketones (excluding diaryl/α,β-unsaturated/α-hetero) is 1. The van der Waals surface area contributed by atoms with Crippen molar-refractivity contribution in [3.05, 3.63) is 0 Å². The Bertz CT molecular complexity index is 359. The van der Waals surface area contributed by atoms with Crippen molar-refractivity contribution in [1.82, 2.24) is 4.90 Å². The second kappa shape index (κ2) is 5.51. The summed E-state index contributed by atoms with van der Waals surface area (Å²) in [5.74, 6) is -1.68. The third-order valence-corrected chi connectivity index (χ3v) is 4.10. The Hall–Kier alpha value is -1.07. The molecule has 0 aromatic carbocycles. The lowest BCUT2D eigenvalue weighted by Crippen LogP contribution is -2.44. The average Bonchev–Trinajstić information content (AvgIpc) is 2.37. The molecule has 0 N–H and O–H groups in total. The van der Waals surface area contributed by atoms with Crippen LogP contribution >= 0.6 is 0 Å². The van der Waals surface area contributed by atoms with E-state index in [-0.39, 0.29) is 49.8 Å². The van der Waals surface area contributed by atoms with Gasteiger partial charge in [-0.1, -0.05) is 0 Å². The van der Waals surface area contributed by atoms with E-state index in [1.807, 2.05) is 0 Å². The Kier molecular flexibility index (Phi) is 4.16. The first-order valence-electron chi connectivity index (χ1n) is 6.75. The molecular weight excluding hydrogens is 259 g/mol. The normalized spacial score (nSPS) is 29.4. The smallest absolute Gasteiger partial charge is 0.335 e. The fourth-order valence-corrected chi connectivity index (χ4v) is 2.95. The van der Waals surface area contributed by atoms with E-state index in [2.05, 4.69) is 0 Å². The molecule has 0 aromatic heterocycles. The first-order valence-corrected chi connectivity index (χ1v) is 6.75. The first kappa shape index (κ1) is 14.3. The van der Waals surface area contributed by atoms with Gasteiger partial charge in [0.2, 0.25) is 5.91 Å². The van der Waals surface area contributed by atoms with Crippen molar-refractivity contribution in [2.24, 2.45) is 11.8 Å². The highest BCUT2D eigenvalue weighted by molar-refractivity contribution is 5.88. The van der Waals surface area contributed by atoms with Crippen LogP contribution in [0.1, 0.15) is 38.5 Å². The van der Waals surface area contributed by atoms with Crippen molar-refractivity contribution >= 4 is 11.7 Å². The third kappa shape index (κ3) is 3.48. The van der Waals surface area contributed by atoms with Crippen LogP contribution < -0.4 is 0 Å². The maximum atomic E-state index is 12.5. The predicted molar refractivity (Wildman–Crippen MR) is 62.3 cm³/mol. The summed E-state index contributed by atoms with van der Waals surface area (Å²) < 4.78 is 37.6. The summed E-state index contributed by atoms with van der Waals surface area (Å²) in [5.41, 5.74) is 0. The summed E-state index contributed by atoms with van der Waals surface area (Å²) in [6.07, 6.45) is -2.34. The molecule has 0 bridgehead atoms. The molecule has 0 spiro atoms. The minimum absolute atomic E-state index is 0.0295. The number of rotatable bonds is 1. The van der Waals surface area contributed by atoms with Crippen LogP contribution in [0.3, 0.4) is 0 Å². The molecule has 1 heterocycles. The lowest BCUT2D eigenvalue weighted by atomic mass is 9.81. The molecule has 2 aliphatic rings. The van der Waals surface area contributed by atoms with Gasteiger partial charge >= 0.3 is 6.18 Å². The van der Waals surface area contributed by atoms with E-state index >= 15 is 0 Å². The highest BCUT2D eigenvalue weighted by Crippen LogP contribution is 2.40. The number of nitrogens with zero attached hydrogens (tertiary/aromatic N) is 1.